The Labute approximate surface area is 138 Å². The first kappa shape index (κ1) is 16.9. The van der Waals surface area contributed by atoms with Crippen molar-refractivity contribution in [2.45, 2.75) is 0 Å². The first-order valence-electron chi connectivity index (χ1n) is 6.36. The van der Waals surface area contributed by atoms with Crippen LogP contribution in [0.2, 0.25) is 0 Å². The highest BCUT2D eigenvalue weighted by Crippen LogP contribution is 2.17. The maximum atomic E-state index is 12.2. The van der Waals surface area contributed by atoms with E-state index in [1.807, 2.05) is 0 Å². The van der Waals surface area contributed by atoms with E-state index in [1.165, 1.54) is 12.1 Å². The van der Waals surface area contributed by atoms with Crippen molar-refractivity contribution in [3.05, 3.63) is 59.7 Å². The Hall–Kier alpha value is -2.49. The number of amides is 1. The van der Waals surface area contributed by atoms with E-state index >= 15 is 0 Å². The lowest BCUT2D eigenvalue weighted by Gasteiger charge is -2.08. The van der Waals surface area contributed by atoms with Gasteiger partial charge in [0.25, 0.3) is 16.1 Å². The summed E-state index contributed by atoms with van der Waals surface area (Å²) in [7, 11) is -3.87. The molecule has 120 valence electrons. The zero-order chi connectivity index (χ0) is 17.0. The highest BCUT2D eigenvalue weighted by atomic mass is 32.2. The van der Waals surface area contributed by atoms with Crippen molar-refractivity contribution >= 4 is 44.7 Å². The van der Waals surface area contributed by atoms with Gasteiger partial charge in [0.2, 0.25) is 0 Å². The largest absolute Gasteiger partial charge is 0.389 e. The lowest BCUT2D eigenvalue weighted by atomic mass is 10.1. The Morgan fingerprint density at radius 1 is 1.00 bits per heavy atom. The molecule has 0 aliphatic heterocycles. The molecule has 0 bridgehead atoms. The summed E-state index contributed by atoms with van der Waals surface area (Å²) in [4.78, 5) is 12.4. The van der Waals surface area contributed by atoms with E-state index in [0.717, 1.165) is 0 Å². The van der Waals surface area contributed by atoms with Gasteiger partial charge < -0.3 is 11.1 Å². The number of anilines is 2. The second kappa shape index (κ2) is 6.73. The number of carbonyl (C=O) groups excluding carboxylic acids is 1. The molecule has 2 aromatic rings. The molecule has 6 N–H and O–H groups in total. The summed E-state index contributed by atoms with van der Waals surface area (Å²) in [5.41, 5.74) is 7.23. The van der Waals surface area contributed by atoms with Gasteiger partial charge >= 0.3 is 0 Å². The molecule has 0 heterocycles. The van der Waals surface area contributed by atoms with Crippen molar-refractivity contribution in [1.29, 1.82) is 0 Å². The minimum Gasteiger partial charge on any atom is -0.389 e. The average molecular weight is 350 g/mol. The van der Waals surface area contributed by atoms with E-state index in [1.54, 1.807) is 36.4 Å². The molecule has 0 saturated heterocycles. The first-order valence-corrected chi connectivity index (χ1v) is 8.32. The van der Waals surface area contributed by atoms with E-state index in [-0.39, 0.29) is 16.6 Å². The zero-order valence-electron chi connectivity index (χ0n) is 11.8. The van der Waals surface area contributed by atoms with Crippen molar-refractivity contribution in [2.75, 3.05) is 10.0 Å². The molecule has 0 saturated carbocycles. The Bertz CT molecular complexity index is 849. The van der Waals surface area contributed by atoms with Crippen molar-refractivity contribution in [1.82, 2.24) is 0 Å². The van der Waals surface area contributed by atoms with Gasteiger partial charge in [-0.2, -0.15) is 8.42 Å². The van der Waals surface area contributed by atoms with Crippen LogP contribution in [0.3, 0.4) is 0 Å². The van der Waals surface area contributed by atoms with Crippen LogP contribution in [-0.4, -0.2) is 19.3 Å². The Morgan fingerprint density at radius 2 is 1.57 bits per heavy atom. The van der Waals surface area contributed by atoms with Crippen LogP contribution in [-0.2, 0) is 10.2 Å². The van der Waals surface area contributed by atoms with Crippen LogP contribution in [0.5, 0.6) is 0 Å². The van der Waals surface area contributed by atoms with Gasteiger partial charge in [-0.15, -0.1) is 0 Å². The van der Waals surface area contributed by atoms with Gasteiger partial charge in [-0.1, -0.05) is 30.4 Å². The van der Waals surface area contributed by atoms with Crippen molar-refractivity contribution < 1.29 is 13.2 Å². The fraction of sp³-hybridized carbons (Fsp3) is 0. The molecule has 0 unspecified atom stereocenters. The summed E-state index contributed by atoms with van der Waals surface area (Å²) in [5.74, 6) is -0.354. The van der Waals surface area contributed by atoms with E-state index in [9.17, 15) is 13.2 Å². The van der Waals surface area contributed by atoms with Crippen LogP contribution < -0.4 is 20.9 Å². The molecule has 1 amide bonds. The molecule has 0 atom stereocenters. The topological polar surface area (TPSA) is 127 Å². The van der Waals surface area contributed by atoms with Crippen molar-refractivity contribution in [3.63, 3.8) is 0 Å². The van der Waals surface area contributed by atoms with Crippen LogP contribution >= 0.6 is 12.2 Å². The Balaban J connectivity index is 2.13. The number of rotatable bonds is 5. The molecule has 2 rings (SSSR count). The van der Waals surface area contributed by atoms with E-state index < -0.39 is 10.2 Å². The third-order valence-corrected chi connectivity index (χ3v) is 3.57. The predicted molar refractivity (Wildman–Crippen MR) is 93.5 cm³/mol. The highest BCUT2D eigenvalue weighted by Gasteiger charge is 2.08. The lowest BCUT2D eigenvalue weighted by molar-refractivity contribution is 0.102. The quantitative estimate of drug-likeness (QED) is 0.602. The van der Waals surface area contributed by atoms with Crippen LogP contribution in [0.15, 0.2) is 48.5 Å². The standard InChI is InChI=1S/C14H14N4O3S2/c15-13(22)9-4-6-10(7-5-9)14(19)17-11-2-1-3-12(8-11)18-23(16,20)21/h1-8,18H,(H2,15,22)(H,17,19)(H2,16,20,21). The summed E-state index contributed by atoms with van der Waals surface area (Å²) in [6.07, 6.45) is 0. The summed E-state index contributed by atoms with van der Waals surface area (Å²) in [6, 6.07) is 12.6. The third-order valence-electron chi connectivity index (χ3n) is 2.81. The maximum Gasteiger partial charge on any atom is 0.296 e. The van der Waals surface area contributed by atoms with Gasteiger partial charge in [0, 0.05) is 16.8 Å². The minimum atomic E-state index is -3.87. The van der Waals surface area contributed by atoms with E-state index in [4.69, 9.17) is 23.1 Å². The SMILES string of the molecule is NC(=S)c1ccc(C(=O)Nc2cccc(NS(N)(=O)=O)c2)cc1. The molecule has 0 aliphatic rings. The average Bonchev–Trinajstić information content (AvgIpc) is 2.46. The molecule has 0 radical (unpaired) electrons. The molecule has 0 aromatic heterocycles. The summed E-state index contributed by atoms with van der Waals surface area (Å²) < 4.78 is 24.1. The molecule has 0 spiro atoms. The zero-order valence-corrected chi connectivity index (χ0v) is 13.4. The van der Waals surface area contributed by atoms with Crippen molar-refractivity contribution in [3.8, 4) is 0 Å². The van der Waals surface area contributed by atoms with Gasteiger partial charge in [0.15, 0.2) is 0 Å². The molecule has 7 nitrogen and oxygen atoms in total. The number of hydrogen-bond donors (Lipinski definition) is 4. The second-order valence-corrected chi connectivity index (χ2v) is 6.36. The van der Waals surface area contributed by atoms with Crippen molar-refractivity contribution in [2.24, 2.45) is 10.9 Å². The number of nitrogens with one attached hydrogen (secondary N) is 2. The normalized spacial score (nSPS) is 10.8. The first-order chi connectivity index (χ1) is 10.7. The number of benzene rings is 2. The second-order valence-electron chi connectivity index (χ2n) is 4.62. The van der Waals surface area contributed by atoms with Gasteiger partial charge in [-0.05, 0) is 30.3 Å². The number of nitrogens with two attached hydrogens (primary N) is 2. The molecular formula is C14H14N4O3S2. The summed E-state index contributed by atoms with van der Waals surface area (Å²) in [6.45, 7) is 0. The summed E-state index contributed by atoms with van der Waals surface area (Å²) >= 11 is 4.84. The Kier molecular flexibility index (Phi) is 4.94. The van der Waals surface area contributed by atoms with Crippen LogP contribution in [0.4, 0.5) is 11.4 Å². The smallest absolute Gasteiger partial charge is 0.296 e. The monoisotopic (exact) mass is 350 g/mol. The van der Waals surface area contributed by atoms with Crippen LogP contribution in [0.25, 0.3) is 0 Å². The molecule has 0 aliphatic carbocycles. The number of thiocarbonyl (C=S) groups is 1. The van der Waals surface area contributed by atoms with E-state index in [0.29, 0.717) is 16.8 Å². The Morgan fingerprint density at radius 3 is 2.13 bits per heavy atom. The van der Waals surface area contributed by atoms with E-state index in [2.05, 4.69) is 10.0 Å². The fourth-order valence-electron chi connectivity index (χ4n) is 1.81. The molecule has 23 heavy (non-hydrogen) atoms. The van der Waals surface area contributed by atoms with Gasteiger partial charge in [0.05, 0.1) is 5.69 Å². The summed E-state index contributed by atoms with van der Waals surface area (Å²) in [5, 5.41) is 7.56. The highest BCUT2D eigenvalue weighted by molar-refractivity contribution is 7.90. The molecular weight excluding hydrogens is 336 g/mol. The maximum absolute atomic E-state index is 12.2. The van der Waals surface area contributed by atoms with Gasteiger partial charge in [-0.3, -0.25) is 9.52 Å². The number of carbonyl (C=O) groups is 1. The fourth-order valence-corrected chi connectivity index (χ4v) is 2.41. The van der Waals surface area contributed by atoms with Crippen LogP contribution in [0.1, 0.15) is 15.9 Å². The minimum absolute atomic E-state index is 0.245. The predicted octanol–water partition coefficient (Wildman–Crippen LogP) is 1.19. The van der Waals surface area contributed by atoms with Gasteiger partial charge in [-0.25, -0.2) is 5.14 Å². The third kappa shape index (κ3) is 5.02. The molecule has 9 heteroatoms. The lowest BCUT2D eigenvalue weighted by Crippen LogP contribution is -2.21. The molecule has 0 fully saturated rings. The molecule has 2 aromatic carbocycles. The number of hydrogen-bond acceptors (Lipinski definition) is 4. The van der Waals surface area contributed by atoms with Gasteiger partial charge in [0.1, 0.15) is 4.99 Å². The van der Waals surface area contributed by atoms with Crippen LogP contribution in [0, 0.1) is 0 Å².